The highest BCUT2D eigenvalue weighted by molar-refractivity contribution is 7.99. The van der Waals surface area contributed by atoms with E-state index >= 15 is 0 Å². The largest absolute Gasteiger partial charge is 0.336 e. The topological polar surface area (TPSA) is 56.7 Å². The second kappa shape index (κ2) is 5.66. The fraction of sp³-hybridized carbons (Fsp3) is 0.385. The average Bonchev–Trinajstić information content (AvgIpc) is 2.91. The first kappa shape index (κ1) is 14.9. The molecule has 1 aliphatic carbocycles. The Balaban J connectivity index is 1.67. The van der Waals surface area contributed by atoms with Gasteiger partial charge in [-0.1, -0.05) is 30.0 Å². The van der Waals surface area contributed by atoms with Crippen molar-refractivity contribution >= 4 is 35.0 Å². The fourth-order valence-corrected chi connectivity index (χ4v) is 3.77. The molecule has 2 N–H and O–H groups in total. The van der Waals surface area contributed by atoms with Crippen molar-refractivity contribution < 1.29 is 4.39 Å². The van der Waals surface area contributed by atoms with Crippen LogP contribution in [0.25, 0.3) is 0 Å². The van der Waals surface area contributed by atoms with Gasteiger partial charge in [-0.3, -0.25) is 0 Å². The normalized spacial score (nSPS) is 19.7. The summed E-state index contributed by atoms with van der Waals surface area (Å²) in [6.45, 7) is 0. The number of hydrogen-bond donors (Lipinski definition) is 1. The second-order valence-electron chi connectivity index (χ2n) is 5.01. The summed E-state index contributed by atoms with van der Waals surface area (Å²) in [5.74, 6) is 7.18. The summed E-state index contributed by atoms with van der Waals surface area (Å²) < 4.78 is 14.4. The molecule has 3 rings (SSSR count). The molecule has 1 aromatic heterocycles. The smallest absolute Gasteiger partial charge is 0.209 e. The van der Waals surface area contributed by atoms with Gasteiger partial charge < -0.3 is 5.84 Å². The van der Waals surface area contributed by atoms with Gasteiger partial charge in [0.05, 0.1) is 0 Å². The number of aromatic nitrogens is 3. The molecule has 1 heterocycles. The van der Waals surface area contributed by atoms with Crippen LogP contribution in [0.2, 0.25) is 0 Å². The molecule has 1 atom stereocenters. The van der Waals surface area contributed by atoms with E-state index in [2.05, 4.69) is 10.2 Å². The van der Waals surface area contributed by atoms with Crippen LogP contribution in [0.5, 0.6) is 0 Å². The van der Waals surface area contributed by atoms with E-state index < -0.39 is 4.33 Å². The van der Waals surface area contributed by atoms with Crippen LogP contribution >= 0.6 is 35.0 Å². The molecule has 1 aliphatic rings. The molecule has 8 heteroatoms. The van der Waals surface area contributed by atoms with Crippen molar-refractivity contribution in [1.29, 1.82) is 0 Å². The van der Waals surface area contributed by atoms with Gasteiger partial charge in [-0.2, -0.15) is 0 Å². The van der Waals surface area contributed by atoms with Crippen molar-refractivity contribution in [3.63, 3.8) is 0 Å². The lowest BCUT2D eigenvalue weighted by atomic mass is 10.1. The zero-order valence-corrected chi connectivity index (χ0v) is 13.3. The third-order valence-electron chi connectivity index (χ3n) is 3.41. The van der Waals surface area contributed by atoms with Crippen LogP contribution in [-0.4, -0.2) is 25.0 Å². The van der Waals surface area contributed by atoms with Gasteiger partial charge >= 0.3 is 0 Å². The van der Waals surface area contributed by atoms with Gasteiger partial charge in [-0.15, -0.1) is 33.4 Å². The minimum absolute atomic E-state index is 0.248. The molecule has 112 valence electrons. The van der Waals surface area contributed by atoms with Gasteiger partial charge in [-0.25, -0.2) is 9.07 Å². The summed E-state index contributed by atoms with van der Waals surface area (Å²) >= 11 is 13.4. The Labute approximate surface area is 135 Å². The van der Waals surface area contributed by atoms with Crippen molar-refractivity contribution in [2.45, 2.75) is 22.3 Å². The SMILES string of the molecule is Nn1c(Cc2ccccc2F)nnc1SC[C@H]1CC1(Cl)Cl. The number of benzene rings is 1. The fourth-order valence-electron chi connectivity index (χ4n) is 1.96. The predicted molar refractivity (Wildman–Crippen MR) is 82.6 cm³/mol. The summed E-state index contributed by atoms with van der Waals surface area (Å²) in [4.78, 5) is 0. The van der Waals surface area contributed by atoms with E-state index in [0.717, 1.165) is 12.2 Å². The number of alkyl halides is 2. The number of thioether (sulfide) groups is 1. The third-order valence-corrected chi connectivity index (χ3v) is 5.44. The molecule has 0 spiro atoms. The lowest BCUT2D eigenvalue weighted by Crippen LogP contribution is -2.15. The molecule has 1 fully saturated rings. The number of hydrogen-bond acceptors (Lipinski definition) is 4. The first-order valence-corrected chi connectivity index (χ1v) is 8.15. The van der Waals surface area contributed by atoms with E-state index in [0.29, 0.717) is 23.0 Å². The van der Waals surface area contributed by atoms with Crippen molar-refractivity contribution in [2.75, 3.05) is 11.6 Å². The maximum absolute atomic E-state index is 13.6. The van der Waals surface area contributed by atoms with E-state index in [1.54, 1.807) is 18.2 Å². The molecule has 0 bridgehead atoms. The molecular weight excluding hydrogens is 334 g/mol. The monoisotopic (exact) mass is 346 g/mol. The Morgan fingerprint density at radius 2 is 2.10 bits per heavy atom. The first-order chi connectivity index (χ1) is 9.97. The maximum Gasteiger partial charge on any atom is 0.209 e. The van der Waals surface area contributed by atoms with Crippen molar-refractivity contribution in [1.82, 2.24) is 14.9 Å². The molecule has 4 nitrogen and oxygen atoms in total. The van der Waals surface area contributed by atoms with Gasteiger partial charge in [0, 0.05) is 18.1 Å². The summed E-state index contributed by atoms with van der Waals surface area (Å²) in [6.07, 6.45) is 1.08. The Kier molecular flexibility index (Phi) is 4.03. The molecule has 0 saturated heterocycles. The van der Waals surface area contributed by atoms with Crippen molar-refractivity contribution in [3.05, 3.63) is 41.5 Å². The number of rotatable bonds is 5. The minimum atomic E-state index is -0.609. The minimum Gasteiger partial charge on any atom is -0.336 e. The van der Waals surface area contributed by atoms with Crippen molar-refractivity contribution in [2.24, 2.45) is 5.92 Å². The number of nitrogens with zero attached hydrogens (tertiary/aromatic N) is 3. The Morgan fingerprint density at radius 1 is 1.38 bits per heavy atom. The molecule has 1 aromatic carbocycles. The van der Waals surface area contributed by atoms with Crippen LogP contribution in [0.3, 0.4) is 0 Å². The summed E-state index contributed by atoms with van der Waals surface area (Å²) in [7, 11) is 0. The summed E-state index contributed by atoms with van der Waals surface area (Å²) in [5, 5.41) is 8.63. The number of nitrogens with two attached hydrogens (primary N) is 1. The van der Waals surface area contributed by atoms with E-state index in [1.807, 2.05) is 0 Å². The van der Waals surface area contributed by atoms with Crippen LogP contribution < -0.4 is 5.84 Å². The highest BCUT2D eigenvalue weighted by Crippen LogP contribution is 2.54. The molecule has 0 unspecified atom stereocenters. The molecule has 0 aliphatic heterocycles. The highest BCUT2D eigenvalue weighted by atomic mass is 35.5. The van der Waals surface area contributed by atoms with Crippen molar-refractivity contribution in [3.8, 4) is 0 Å². The standard InChI is InChI=1S/C13H13Cl2FN4S/c14-13(15)6-9(13)7-21-12-19-18-11(20(12)17)5-8-3-1-2-4-10(8)16/h1-4,9H,5-7,17H2/t9-/m1/s1. The maximum atomic E-state index is 13.6. The quantitative estimate of drug-likeness (QED) is 0.513. The van der Waals surface area contributed by atoms with E-state index in [9.17, 15) is 4.39 Å². The molecule has 21 heavy (non-hydrogen) atoms. The van der Waals surface area contributed by atoms with E-state index in [-0.39, 0.29) is 11.7 Å². The van der Waals surface area contributed by atoms with Gasteiger partial charge in [-0.05, 0) is 18.1 Å². The van der Waals surface area contributed by atoms with Crippen LogP contribution in [0, 0.1) is 11.7 Å². The highest BCUT2D eigenvalue weighted by Gasteiger charge is 2.51. The molecular formula is C13H13Cl2FN4S. The van der Waals surface area contributed by atoms with E-state index in [4.69, 9.17) is 29.0 Å². The lowest BCUT2D eigenvalue weighted by Gasteiger charge is -2.04. The van der Waals surface area contributed by atoms with Gasteiger partial charge in [0.25, 0.3) is 0 Å². The van der Waals surface area contributed by atoms with Gasteiger partial charge in [0.15, 0.2) is 5.82 Å². The van der Waals surface area contributed by atoms with E-state index in [1.165, 1.54) is 22.5 Å². The third kappa shape index (κ3) is 3.27. The van der Waals surface area contributed by atoms with Crippen LogP contribution in [0.15, 0.2) is 29.4 Å². The molecule has 0 amide bonds. The first-order valence-electron chi connectivity index (χ1n) is 6.41. The van der Waals surface area contributed by atoms with Crippen LogP contribution in [0.1, 0.15) is 17.8 Å². The lowest BCUT2D eigenvalue weighted by molar-refractivity contribution is 0.610. The summed E-state index contributed by atoms with van der Waals surface area (Å²) in [6, 6.07) is 6.54. The van der Waals surface area contributed by atoms with Crippen LogP contribution in [0.4, 0.5) is 4.39 Å². The Bertz CT molecular complexity index is 661. The van der Waals surface area contributed by atoms with Crippen LogP contribution in [-0.2, 0) is 6.42 Å². The Morgan fingerprint density at radius 3 is 2.76 bits per heavy atom. The molecule has 2 aromatic rings. The zero-order chi connectivity index (χ0) is 15.0. The second-order valence-corrected chi connectivity index (χ2v) is 7.54. The molecule has 1 saturated carbocycles. The Hall–Kier alpha value is -0.980. The molecule has 0 radical (unpaired) electrons. The average molecular weight is 347 g/mol. The number of nitrogen functional groups attached to an aromatic ring is 1. The summed E-state index contributed by atoms with van der Waals surface area (Å²) in [5.41, 5.74) is 0.538. The van der Waals surface area contributed by atoms with Gasteiger partial charge in [0.2, 0.25) is 5.16 Å². The number of halogens is 3. The van der Waals surface area contributed by atoms with Gasteiger partial charge in [0.1, 0.15) is 10.2 Å². The zero-order valence-electron chi connectivity index (χ0n) is 11.0. The predicted octanol–water partition coefficient (Wildman–Crippen LogP) is 3.01.